The maximum Gasteiger partial charge on any atom is 0.0945 e. The maximum atomic E-state index is 9.86. The summed E-state index contributed by atoms with van der Waals surface area (Å²) in [5, 5.41) is 9.86. The topological polar surface area (TPSA) is 38.0 Å². The van der Waals surface area contributed by atoms with Crippen molar-refractivity contribution < 1.29 is 5.11 Å². The van der Waals surface area contributed by atoms with E-state index in [1.807, 2.05) is 10.8 Å². The molecular weight excluding hydrogens is 224 g/mol. The van der Waals surface area contributed by atoms with E-state index in [1.165, 1.54) is 38.5 Å². The number of aliphatic hydroxyl groups is 1. The third-order valence-electron chi connectivity index (χ3n) is 3.42. The van der Waals surface area contributed by atoms with Gasteiger partial charge in [-0.1, -0.05) is 51.9 Å². The normalized spacial score (nSPS) is 12.8. The van der Waals surface area contributed by atoms with Gasteiger partial charge in [-0.25, -0.2) is 4.98 Å². The van der Waals surface area contributed by atoms with Crippen LogP contribution in [-0.4, -0.2) is 20.8 Å². The van der Waals surface area contributed by atoms with Crippen LogP contribution in [0.1, 0.15) is 64.7 Å². The number of hydrogen-bond acceptors (Lipinski definition) is 2. The van der Waals surface area contributed by atoms with Crippen LogP contribution in [0.15, 0.2) is 18.7 Å². The van der Waals surface area contributed by atoms with Gasteiger partial charge in [-0.3, -0.25) is 0 Å². The third kappa shape index (κ3) is 7.49. The lowest BCUT2D eigenvalue weighted by molar-refractivity contribution is 0.145. The van der Waals surface area contributed by atoms with Crippen molar-refractivity contribution in [2.24, 2.45) is 0 Å². The molecule has 1 N–H and O–H groups in total. The van der Waals surface area contributed by atoms with Crippen LogP contribution < -0.4 is 0 Å². The fourth-order valence-corrected chi connectivity index (χ4v) is 2.20. The van der Waals surface area contributed by atoms with Gasteiger partial charge in [0, 0.05) is 18.9 Å². The number of aromatic nitrogens is 2. The number of aryl methyl sites for hydroxylation is 1. The Morgan fingerprint density at radius 1 is 1.06 bits per heavy atom. The van der Waals surface area contributed by atoms with Crippen LogP contribution >= 0.6 is 0 Å². The number of rotatable bonds is 11. The van der Waals surface area contributed by atoms with E-state index in [0.717, 1.165) is 25.8 Å². The molecule has 18 heavy (non-hydrogen) atoms. The van der Waals surface area contributed by atoms with Gasteiger partial charge in [0.25, 0.3) is 0 Å². The lowest BCUT2D eigenvalue weighted by Gasteiger charge is -2.10. The molecule has 3 nitrogen and oxygen atoms in total. The zero-order chi connectivity index (χ0) is 13.1. The molecule has 0 saturated carbocycles. The van der Waals surface area contributed by atoms with Crippen molar-refractivity contribution in [1.82, 2.24) is 9.55 Å². The highest BCUT2D eigenvalue weighted by Gasteiger charge is 2.03. The molecule has 0 amide bonds. The lowest BCUT2D eigenvalue weighted by Crippen LogP contribution is -2.10. The minimum absolute atomic E-state index is 0.150. The second-order valence-electron chi connectivity index (χ2n) is 5.15. The van der Waals surface area contributed by atoms with E-state index in [2.05, 4.69) is 11.9 Å². The standard InChI is InChI=1S/C15H28N2O/c1-2-3-4-5-6-7-8-9-15(18)10-12-17-13-11-16-14-17/h11,13-15,18H,2-10,12H2,1H3. The van der Waals surface area contributed by atoms with Crippen LogP contribution in [0.2, 0.25) is 0 Å². The molecule has 1 unspecified atom stereocenters. The molecule has 1 atom stereocenters. The maximum absolute atomic E-state index is 9.86. The zero-order valence-corrected chi connectivity index (χ0v) is 11.7. The predicted molar refractivity (Wildman–Crippen MR) is 75.5 cm³/mol. The van der Waals surface area contributed by atoms with E-state index in [9.17, 15) is 5.11 Å². The van der Waals surface area contributed by atoms with Gasteiger partial charge in [0.1, 0.15) is 0 Å². The third-order valence-corrected chi connectivity index (χ3v) is 3.42. The SMILES string of the molecule is CCCCCCCCCC(O)CCn1ccnc1. The summed E-state index contributed by atoms with van der Waals surface area (Å²) in [7, 11) is 0. The highest BCUT2D eigenvalue weighted by Crippen LogP contribution is 2.11. The van der Waals surface area contributed by atoms with E-state index in [1.54, 1.807) is 12.5 Å². The molecule has 0 aromatic carbocycles. The number of aliphatic hydroxyl groups excluding tert-OH is 1. The minimum atomic E-state index is -0.150. The Kier molecular flexibility index (Phi) is 8.57. The number of hydrogen-bond donors (Lipinski definition) is 1. The van der Waals surface area contributed by atoms with Crippen molar-refractivity contribution in [1.29, 1.82) is 0 Å². The first-order valence-corrected chi connectivity index (χ1v) is 7.46. The molecule has 0 fully saturated rings. The van der Waals surface area contributed by atoms with Crippen LogP contribution in [0.25, 0.3) is 0 Å². The highest BCUT2D eigenvalue weighted by atomic mass is 16.3. The van der Waals surface area contributed by atoms with Crippen LogP contribution in [-0.2, 0) is 6.54 Å². The minimum Gasteiger partial charge on any atom is -0.393 e. The Morgan fingerprint density at radius 2 is 1.78 bits per heavy atom. The summed E-state index contributed by atoms with van der Waals surface area (Å²) in [6, 6.07) is 0. The molecule has 0 radical (unpaired) electrons. The number of nitrogens with zero attached hydrogens (tertiary/aromatic N) is 2. The zero-order valence-electron chi connectivity index (χ0n) is 11.7. The smallest absolute Gasteiger partial charge is 0.0945 e. The van der Waals surface area contributed by atoms with Crippen LogP contribution in [0.3, 0.4) is 0 Å². The molecule has 3 heteroatoms. The number of imidazole rings is 1. The molecule has 0 aliphatic carbocycles. The van der Waals surface area contributed by atoms with E-state index in [0.29, 0.717) is 0 Å². The quantitative estimate of drug-likeness (QED) is 0.609. The molecule has 0 bridgehead atoms. The largest absolute Gasteiger partial charge is 0.393 e. The Balaban J connectivity index is 1.89. The van der Waals surface area contributed by atoms with Gasteiger partial charge < -0.3 is 9.67 Å². The van der Waals surface area contributed by atoms with E-state index >= 15 is 0 Å². The highest BCUT2D eigenvalue weighted by molar-refractivity contribution is 4.74. The fraction of sp³-hybridized carbons (Fsp3) is 0.800. The van der Waals surface area contributed by atoms with E-state index in [4.69, 9.17) is 0 Å². The Hall–Kier alpha value is -0.830. The molecule has 0 aliphatic rings. The molecular formula is C15H28N2O. The fourth-order valence-electron chi connectivity index (χ4n) is 2.20. The van der Waals surface area contributed by atoms with Gasteiger partial charge in [-0.15, -0.1) is 0 Å². The van der Waals surface area contributed by atoms with Crippen molar-refractivity contribution in [3.05, 3.63) is 18.7 Å². The first-order chi connectivity index (χ1) is 8.83. The monoisotopic (exact) mass is 252 g/mol. The summed E-state index contributed by atoms with van der Waals surface area (Å²) in [4.78, 5) is 3.99. The predicted octanol–water partition coefficient (Wildman–Crippen LogP) is 3.77. The lowest BCUT2D eigenvalue weighted by atomic mass is 10.0. The molecule has 0 saturated heterocycles. The average Bonchev–Trinajstić information content (AvgIpc) is 2.88. The van der Waals surface area contributed by atoms with Crippen molar-refractivity contribution in [3.63, 3.8) is 0 Å². The van der Waals surface area contributed by atoms with E-state index in [-0.39, 0.29) is 6.10 Å². The van der Waals surface area contributed by atoms with Crippen molar-refractivity contribution >= 4 is 0 Å². The first kappa shape index (κ1) is 15.2. The summed E-state index contributed by atoms with van der Waals surface area (Å²) in [6.45, 7) is 3.12. The molecule has 0 aliphatic heterocycles. The molecule has 1 heterocycles. The van der Waals surface area contributed by atoms with Gasteiger partial charge in [0.05, 0.1) is 12.4 Å². The van der Waals surface area contributed by atoms with Crippen molar-refractivity contribution in [3.8, 4) is 0 Å². The van der Waals surface area contributed by atoms with Gasteiger partial charge >= 0.3 is 0 Å². The van der Waals surface area contributed by atoms with Gasteiger partial charge in [0.15, 0.2) is 0 Å². The summed E-state index contributed by atoms with van der Waals surface area (Å²) in [5.74, 6) is 0. The van der Waals surface area contributed by atoms with Crippen molar-refractivity contribution in [2.75, 3.05) is 0 Å². The summed E-state index contributed by atoms with van der Waals surface area (Å²) in [6.07, 6.45) is 16.3. The molecule has 104 valence electrons. The van der Waals surface area contributed by atoms with Gasteiger partial charge in [-0.05, 0) is 12.8 Å². The van der Waals surface area contributed by atoms with Gasteiger partial charge in [0.2, 0.25) is 0 Å². The van der Waals surface area contributed by atoms with Crippen LogP contribution in [0, 0.1) is 0 Å². The Morgan fingerprint density at radius 3 is 2.44 bits per heavy atom. The molecule has 1 aromatic rings. The van der Waals surface area contributed by atoms with Crippen LogP contribution in [0.5, 0.6) is 0 Å². The second-order valence-corrected chi connectivity index (χ2v) is 5.15. The summed E-state index contributed by atoms with van der Waals surface area (Å²) < 4.78 is 2.02. The number of unbranched alkanes of at least 4 members (excludes halogenated alkanes) is 6. The molecule has 1 aromatic heterocycles. The Labute approximate surface area is 111 Å². The molecule has 1 rings (SSSR count). The van der Waals surface area contributed by atoms with Crippen molar-refractivity contribution in [2.45, 2.75) is 77.4 Å². The van der Waals surface area contributed by atoms with Crippen LogP contribution in [0.4, 0.5) is 0 Å². The Bertz CT molecular complexity index is 272. The van der Waals surface area contributed by atoms with Gasteiger partial charge in [-0.2, -0.15) is 0 Å². The summed E-state index contributed by atoms with van der Waals surface area (Å²) >= 11 is 0. The first-order valence-electron chi connectivity index (χ1n) is 7.46. The molecule has 0 spiro atoms. The second kappa shape index (κ2) is 10.1. The average molecular weight is 252 g/mol. The van der Waals surface area contributed by atoms with E-state index < -0.39 is 0 Å². The summed E-state index contributed by atoms with van der Waals surface area (Å²) in [5.41, 5.74) is 0.